The summed E-state index contributed by atoms with van der Waals surface area (Å²) in [6.07, 6.45) is 15.9. The summed E-state index contributed by atoms with van der Waals surface area (Å²) in [5, 5.41) is 8.32. The number of hydrogen-bond donors (Lipinski definition) is 1. The summed E-state index contributed by atoms with van der Waals surface area (Å²) in [6.45, 7) is 8.07. The summed E-state index contributed by atoms with van der Waals surface area (Å²) >= 11 is 0. The molecule has 0 aliphatic carbocycles. The van der Waals surface area contributed by atoms with Crippen LogP contribution in [0, 0.1) is 0 Å². The summed E-state index contributed by atoms with van der Waals surface area (Å²) in [7, 11) is 0. The van der Waals surface area contributed by atoms with E-state index in [1.807, 2.05) is 6.08 Å². The third-order valence-electron chi connectivity index (χ3n) is 3.01. The predicted octanol–water partition coefficient (Wildman–Crippen LogP) is 5.96. The molecule has 0 fully saturated rings. The zero-order chi connectivity index (χ0) is 14.8. The first-order valence-corrected chi connectivity index (χ1v) is 8.01. The third-order valence-corrected chi connectivity index (χ3v) is 3.01. The van der Waals surface area contributed by atoms with Crippen LogP contribution in [0.4, 0.5) is 0 Å². The second-order valence-electron chi connectivity index (χ2n) is 5.05. The lowest BCUT2D eigenvalue weighted by atomic mass is 10.1. The Kier molecular flexibility index (Phi) is 21.1. The van der Waals surface area contributed by atoms with Crippen LogP contribution in [0.25, 0.3) is 0 Å². The SMILES string of the molecule is C=CCCCCCC.CCCCCCCCC(=O)O. The lowest BCUT2D eigenvalue weighted by molar-refractivity contribution is -0.137. The smallest absolute Gasteiger partial charge is 0.303 e. The minimum Gasteiger partial charge on any atom is -0.481 e. The van der Waals surface area contributed by atoms with Gasteiger partial charge < -0.3 is 5.11 Å². The Morgan fingerprint density at radius 3 is 1.84 bits per heavy atom. The maximum Gasteiger partial charge on any atom is 0.303 e. The van der Waals surface area contributed by atoms with E-state index >= 15 is 0 Å². The summed E-state index contributed by atoms with van der Waals surface area (Å²) < 4.78 is 0. The fourth-order valence-corrected chi connectivity index (χ4v) is 1.77. The second kappa shape index (κ2) is 19.5. The van der Waals surface area contributed by atoms with Crippen LogP contribution in [0.1, 0.15) is 90.9 Å². The van der Waals surface area contributed by atoms with Gasteiger partial charge in [-0.2, -0.15) is 0 Å². The third kappa shape index (κ3) is 26.7. The van der Waals surface area contributed by atoms with Crippen molar-refractivity contribution in [3.05, 3.63) is 12.7 Å². The van der Waals surface area contributed by atoms with Gasteiger partial charge in [-0.1, -0.05) is 71.3 Å². The van der Waals surface area contributed by atoms with Crippen LogP contribution in [0.15, 0.2) is 12.7 Å². The molecule has 0 radical (unpaired) electrons. The molecule has 0 rings (SSSR count). The van der Waals surface area contributed by atoms with Crippen molar-refractivity contribution in [1.82, 2.24) is 0 Å². The Balaban J connectivity index is 0. The first-order valence-electron chi connectivity index (χ1n) is 8.01. The highest BCUT2D eigenvalue weighted by atomic mass is 16.4. The van der Waals surface area contributed by atoms with Gasteiger partial charge >= 0.3 is 5.97 Å². The minimum atomic E-state index is -0.666. The zero-order valence-electron chi connectivity index (χ0n) is 13.1. The number of carbonyl (C=O) groups is 1. The number of unbranched alkanes of at least 4 members (excludes halogenated alkanes) is 9. The molecule has 19 heavy (non-hydrogen) atoms. The summed E-state index contributed by atoms with van der Waals surface area (Å²) in [4.78, 5) is 10.1. The summed E-state index contributed by atoms with van der Waals surface area (Å²) in [5.41, 5.74) is 0. The lowest BCUT2D eigenvalue weighted by Crippen LogP contribution is -1.93. The van der Waals surface area contributed by atoms with Gasteiger partial charge in [-0.25, -0.2) is 0 Å². The molecule has 0 spiro atoms. The molecule has 0 aliphatic rings. The molecule has 0 aromatic carbocycles. The molecule has 0 unspecified atom stereocenters. The number of aliphatic carboxylic acids is 1. The van der Waals surface area contributed by atoms with Crippen molar-refractivity contribution in [2.24, 2.45) is 0 Å². The normalized spacial score (nSPS) is 9.58. The van der Waals surface area contributed by atoms with Gasteiger partial charge in [0.25, 0.3) is 0 Å². The van der Waals surface area contributed by atoms with E-state index in [0.29, 0.717) is 6.42 Å². The minimum absolute atomic E-state index is 0.339. The second-order valence-corrected chi connectivity index (χ2v) is 5.05. The maximum absolute atomic E-state index is 10.1. The first-order chi connectivity index (χ1) is 9.18. The highest BCUT2D eigenvalue weighted by molar-refractivity contribution is 5.66. The number of hydrogen-bond acceptors (Lipinski definition) is 1. The van der Waals surface area contributed by atoms with Crippen molar-refractivity contribution >= 4 is 5.97 Å². The molecule has 0 aromatic heterocycles. The van der Waals surface area contributed by atoms with Crippen LogP contribution in [0.2, 0.25) is 0 Å². The summed E-state index contributed by atoms with van der Waals surface area (Å²) in [5.74, 6) is -0.666. The van der Waals surface area contributed by atoms with Crippen molar-refractivity contribution in [1.29, 1.82) is 0 Å². The van der Waals surface area contributed by atoms with Crippen molar-refractivity contribution in [3.63, 3.8) is 0 Å². The fraction of sp³-hybridized carbons (Fsp3) is 0.824. The van der Waals surface area contributed by atoms with Crippen LogP contribution in [0.5, 0.6) is 0 Å². The number of carboxylic acid groups (broad SMARTS) is 1. The van der Waals surface area contributed by atoms with Crippen molar-refractivity contribution in [2.75, 3.05) is 0 Å². The molecule has 0 amide bonds. The molecule has 2 nitrogen and oxygen atoms in total. The van der Waals surface area contributed by atoms with Gasteiger partial charge in [0.1, 0.15) is 0 Å². The molecule has 0 aliphatic heterocycles. The van der Waals surface area contributed by atoms with E-state index < -0.39 is 5.97 Å². The van der Waals surface area contributed by atoms with Gasteiger partial charge in [-0.05, 0) is 19.3 Å². The van der Waals surface area contributed by atoms with Crippen LogP contribution in [0.3, 0.4) is 0 Å². The van der Waals surface area contributed by atoms with Crippen LogP contribution in [-0.4, -0.2) is 11.1 Å². The first kappa shape index (κ1) is 20.5. The van der Waals surface area contributed by atoms with E-state index in [0.717, 1.165) is 12.8 Å². The van der Waals surface area contributed by atoms with Gasteiger partial charge in [0.05, 0.1) is 0 Å². The van der Waals surface area contributed by atoms with Gasteiger partial charge in [0.2, 0.25) is 0 Å². The van der Waals surface area contributed by atoms with Crippen LogP contribution >= 0.6 is 0 Å². The molecular weight excluding hydrogens is 236 g/mol. The molecule has 0 saturated carbocycles. The highest BCUT2D eigenvalue weighted by Gasteiger charge is 1.95. The molecule has 0 atom stereocenters. The predicted molar refractivity (Wildman–Crippen MR) is 84.6 cm³/mol. The molecule has 0 saturated heterocycles. The molecule has 0 bridgehead atoms. The average Bonchev–Trinajstić information content (AvgIpc) is 2.39. The van der Waals surface area contributed by atoms with Gasteiger partial charge in [0.15, 0.2) is 0 Å². The molecule has 1 N–H and O–H groups in total. The topological polar surface area (TPSA) is 37.3 Å². The van der Waals surface area contributed by atoms with Crippen LogP contribution in [-0.2, 0) is 4.79 Å². The van der Waals surface area contributed by atoms with E-state index in [1.54, 1.807) is 0 Å². The van der Waals surface area contributed by atoms with E-state index in [2.05, 4.69) is 20.4 Å². The maximum atomic E-state index is 10.1. The number of allylic oxidation sites excluding steroid dienone is 1. The molecule has 114 valence electrons. The van der Waals surface area contributed by atoms with Crippen molar-refractivity contribution < 1.29 is 9.90 Å². The number of rotatable bonds is 12. The lowest BCUT2D eigenvalue weighted by Gasteiger charge is -1.97. The van der Waals surface area contributed by atoms with Gasteiger partial charge in [-0.3, -0.25) is 4.79 Å². The Hall–Kier alpha value is -0.790. The van der Waals surface area contributed by atoms with Crippen molar-refractivity contribution in [3.8, 4) is 0 Å². The van der Waals surface area contributed by atoms with E-state index in [9.17, 15) is 4.79 Å². The van der Waals surface area contributed by atoms with Gasteiger partial charge in [0, 0.05) is 6.42 Å². The van der Waals surface area contributed by atoms with E-state index in [4.69, 9.17) is 5.11 Å². The van der Waals surface area contributed by atoms with Gasteiger partial charge in [-0.15, -0.1) is 6.58 Å². The standard InChI is InChI=1S/C9H18O2.C8H16/c1-2-3-4-5-6-7-8-9(10)11;1-3-5-7-8-6-4-2/h2-8H2,1H3,(H,10,11);3H,1,4-8H2,2H3. The van der Waals surface area contributed by atoms with Crippen molar-refractivity contribution in [2.45, 2.75) is 90.9 Å². The Labute approximate surface area is 120 Å². The van der Waals surface area contributed by atoms with E-state index in [-0.39, 0.29) is 0 Å². The molecule has 0 heterocycles. The number of carboxylic acids is 1. The largest absolute Gasteiger partial charge is 0.481 e. The molecular formula is C17H34O2. The summed E-state index contributed by atoms with van der Waals surface area (Å²) in [6, 6.07) is 0. The quantitative estimate of drug-likeness (QED) is 0.350. The zero-order valence-corrected chi connectivity index (χ0v) is 13.1. The monoisotopic (exact) mass is 270 g/mol. The Morgan fingerprint density at radius 1 is 0.895 bits per heavy atom. The fourth-order valence-electron chi connectivity index (χ4n) is 1.77. The average molecular weight is 270 g/mol. The van der Waals surface area contributed by atoms with Crippen LogP contribution < -0.4 is 0 Å². The molecule has 0 aromatic rings. The highest BCUT2D eigenvalue weighted by Crippen LogP contribution is 2.06. The Morgan fingerprint density at radius 2 is 1.37 bits per heavy atom. The van der Waals surface area contributed by atoms with E-state index in [1.165, 1.54) is 57.8 Å². The molecule has 2 heteroatoms. The Bertz CT molecular complexity index is 188.